The van der Waals surface area contributed by atoms with Crippen LogP contribution in [-0.2, 0) is 6.42 Å². The quantitative estimate of drug-likeness (QED) is 0.799. The number of pyridine rings is 1. The third kappa shape index (κ3) is 1.61. The van der Waals surface area contributed by atoms with Crippen molar-refractivity contribution in [2.45, 2.75) is 12.8 Å². The number of hydrogen-bond donors (Lipinski definition) is 1. The van der Waals surface area contributed by atoms with Crippen molar-refractivity contribution in [3.8, 4) is 0 Å². The summed E-state index contributed by atoms with van der Waals surface area (Å²) in [5.41, 5.74) is 6.21. The number of nitrogens with zero attached hydrogens (tertiary/aromatic N) is 2. The van der Waals surface area contributed by atoms with Gasteiger partial charge in [0.2, 0.25) is 0 Å². The molecule has 2 aromatic heterocycles. The van der Waals surface area contributed by atoms with E-state index in [0.29, 0.717) is 6.54 Å². The van der Waals surface area contributed by atoms with Gasteiger partial charge in [-0.15, -0.1) is 0 Å². The Morgan fingerprint density at radius 1 is 1.50 bits per heavy atom. The first-order chi connectivity index (χ1) is 6.81. The summed E-state index contributed by atoms with van der Waals surface area (Å²) < 4.78 is 14.7. The summed E-state index contributed by atoms with van der Waals surface area (Å²) in [6.45, 7) is 0.649. The molecule has 14 heavy (non-hydrogen) atoms. The van der Waals surface area contributed by atoms with E-state index in [1.807, 2.05) is 4.40 Å². The number of aromatic nitrogens is 2. The fourth-order valence-electron chi connectivity index (χ4n) is 1.47. The molecule has 3 nitrogen and oxygen atoms in total. The first-order valence-corrected chi connectivity index (χ1v) is 4.63. The van der Waals surface area contributed by atoms with E-state index in [0.717, 1.165) is 24.2 Å². The lowest BCUT2D eigenvalue weighted by atomic mass is 10.3. The summed E-state index contributed by atoms with van der Waals surface area (Å²) in [5.74, 6) is 0.702. The first-order valence-electron chi connectivity index (χ1n) is 4.63. The van der Waals surface area contributed by atoms with E-state index in [9.17, 15) is 4.39 Å². The Labute approximate surface area is 81.4 Å². The molecule has 0 fully saturated rings. The van der Waals surface area contributed by atoms with Crippen LogP contribution in [0.15, 0.2) is 24.5 Å². The third-order valence-corrected chi connectivity index (χ3v) is 2.18. The number of nitrogens with two attached hydrogens (primary N) is 1. The van der Waals surface area contributed by atoms with Crippen molar-refractivity contribution in [3.05, 3.63) is 36.2 Å². The van der Waals surface area contributed by atoms with Gasteiger partial charge in [0.15, 0.2) is 0 Å². The Morgan fingerprint density at radius 3 is 3.14 bits per heavy atom. The van der Waals surface area contributed by atoms with Crippen molar-refractivity contribution in [1.29, 1.82) is 0 Å². The zero-order chi connectivity index (χ0) is 9.97. The van der Waals surface area contributed by atoms with Gasteiger partial charge in [-0.2, -0.15) is 0 Å². The number of imidazole rings is 1. The van der Waals surface area contributed by atoms with E-state index >= 15 is 0 Å². The van der Waals surface area contributed by atoms with Crippen molar-refractivity contribution in [1.82, 2.24) is 9.38 Å². The molecule has 74 valence electrons. The van der Waals surface area contributed by atoms with E-state index in [4.69, 9.17) is 5.73 Å². The van der Waals surface area contributed by atoms with Crippen LogP contribution in [0.4, 0.5) is 4.39 Å². The predicted molar refractivity (Wildman–Crippen MR) is 52.5 cm³/mol. The summed E-state index contributed by atoms with van der Waals surface area (Å²) in [6.07, 6.45) is 5.10. The SMILES string of the molecule is NCCCc1ncc2cc(F)ccn12. The smallest absolute Gasteiger partial charge is 0.126 e. The zero-order valence-electron chi connectivity index (χ0n) is 7.78. The maximum atomic E-state index is 12.8. The third-order valence-electron chi connectivity index (χ3n) is 2.18. The molecule has 0 saturated heterocycles. The molecule has 0 radical (unpaired) electrons. The minimum absolute atomic E-state index is 0.234. The van der Waals surface area contributed by atoms with E-state index in [1.165, 1.54) is 12.1 Å². The standard InChI is InChI=1S/C10H12FN3/c11-8-3-5-14-9(6-8)7-13-10(14)2-1-4-12/h3,5-7H,1-2,4,12H2. The number of hydrogen-bond acceptors (Lipinski definition) is 2. The zero-order valence-corrected chi connectivity index (χ0v) is 7.78. The molecule has 0 aliphatic rings. The highest BCUT2D eigenvalue weighted by atomic mass is 19.1. The van der Waals surface area contributed by atoms with Crippen molar-refractivity contribution in [2.75, 3.05) is 6.54 Å². The summed E-state index contributed by atoms with van der Waals surface area (Å²) in [7, 11) is 0. The van der Waals surface area contributed by atoms with Crippen LogP contribution in [-0.4, -0.2) is 15.9 Å². The van der Waals surface area contributed by atoms with Crippen LogP contribution >= 0.6 is 0 Å². The highest BCUT2D eigenvalue weighted by Crippen LogP contribution is 2.09. The molecule has 0 saturated carbocycles. The molecular weight excluding hydrogens is 181 g/mol. The first kappa shape index (κ1) is 9.15. The van der Waals surface area contributed by atoms with Crippen LogP contribution in [0.3, 0.4) is 0 Å². The van der Waals surface area contributed by atoms with Crippen molar-refractivity contribution in [2.24, 2.45) is 5.73 Å². The summed E-state index contributed by atoms with van der Waals surface area (Å²) >= 11 is 0. The van der Waals surface area contributed by atoms with Gasteiger partial charge in [0.1, 0.15) is 11.6 Å². The topological polar surface area (TPSA) is 43.3 Å². The molecule has 2 aromatic rings. The minimum Gasteiger partial charge on any atom is -0.330 e. The lowest BCUT2D eigenvalue weighted by Gasteiger charge is -1.99. The Hall–Kier alpha value is -1.42. The molecule has 0 aromatic carbocycles. The van der Waals surface area contributed by atoms with Gasteiger partial charge in [-0.3, -0.25) is 0 Å². The maximum Gasteiger partial charge on any atom is 0.126 e. The average molecular weight is 193 g/mol. The predicted octanol–water partition coefficient (Wildman–Crippen LogP) is 1.36. The number of rotatable bonds is 3. The average Bonchev–Trinajstić information content (AvgIpc) is 2.57. The van der Waals surface area contributed by atoms with Gasteiger partial charge in [-0.1, -0.05) is 0 Å². The molecule has 2 heterocycles. The molecule has 0 amide bonds. The maximum absolute atomic E-state index is 12.8. The molecule has 0 atom stereocenters. The summed E-state index contributed by atoms with van der Waals surface area (Å²) in [4.78, 5) is 4.21. The highest BCUT2D eigenvalue weighted by molar-refractivity contribution is 5.45. The molecular formula is C10H12FN3. The largest absolute Gasteiger partial charge is 0.330 e. The fraction of sp³-hybridized carbons (Fsp3) is 0.300. The van der Waals surface area contributed by atoms with Gasteiger partial charge < -0.3 is 10.1 Å². The van der Waals surface area contributed by atoms with Gasteiger partial charge >= 0.3 is 0 Å². The Kier molecular flexibility index (Phi) is 2.45. The molecule has 2 N–H and O–H groups in total. The molecule has 0 aliphatic heterocycles. The monoisotopic (exact) mass is 193 g/mol. The van der Waals surface area contributed by atoms with Crippen molar-refractivity contribution < 1.29 is 4.39 Å². The Balaban J connectivity index is 2.37. The number of aryl methyl sites for hydroxylation is 1. The Morgan fingerprint density at radius 2 is 2.36 bits per heavy atom. The molecule has 0 spiro atoms. The van der Waals surface area contributed by atoms with Crippen molar-refractivity contribution in [3.63, 3.8) is 0 Å². The normalized spacial score (nSPS) is 11.0. The minimum atomic E-state index is -0.234. The van der Waals surface area contributed by atoms with Gasteiger partial charge in [0, 0.05) is 12.6 Å². The van der Waals surface area contributed by atoms with Crippen LogP contribution in [0.5, 0.6) is 0 Å². The van der Waals surface area contributed by atoms with E-state index in [-0.39, 0.29) is 5.82 Å². The summed E-state index contributed by atoms with van der Waals surface area (Å²) in [5, 5.41) is 0. The van der Waals surface area contributed by atoms with Crippen LogP contribution < -0.4 is 5.73 Å². The second-order valence-corrected chi connectivity index (χ2v) is 3.21. The molecule has 0 unspecified atom stereocenters. The second kappa shape index (κ2) is 3.75. The van der Waals surface area contributed by atoms with E-state index < -0.39 is 0 Å². The summed E-state index contributed by atoms with van der Waals surface area (Å²) in [6, 6.07) is 2.90. The molecule has 2 rings (SSSR count). The lowest BCUT2D eigenvalue weighted by molar-refractivity contribution is 0.626. The van der Waals surface area contributed by atoms with Crippen LogP contribution in [0.25, 0.3) is 5.52 Å². The van der Waals surface area contributed by atoms with Gasteiger partial charge in [-0.05, 0) is 25.1 Å². The molecule has 4 heteroatoms. The number of halogens is 1. The number of fused-ring (bicyclic) bond motifs is 1. The van der Waals surface area contributed by atoms with Crippen molar-refractivity contribution >= 4 is 5.52 Å². The molecule has 0 bridgehead atoms. The van der Waals surface area contributed by atoms with E-state index in [2.05, 4.69) is 4.98 Å². The van der Waals surface area contributed by atoms with Crippen LogP contribution in [0, 0.1) is 5.82 Å². The van der Waals surface area contributed by atoms with Crippen LogP contribution in [0.2, 0.25) is 0 Å². The van der Waals surface area contributed by atoms with E-state index in [1.54, 1.807) is 12.4 Å². The fourth-order valence-corrected chi connectivity index (χ4v) is 1.47. The van der Waals surface area contributed by atoms with Gasteiger partial charge in [-0.25, -0.2) is 9.37 Å². The lowest BCUT2D eigenvalue weighted by Crippen LogP contribution is -2.03. The van der Waals surface area contributed by atoms with Crippen LogP contribution in [0.1, 0.15) is 12.2 Å². The van der Waals surface area contributed by atoms with Gasteiger partial charge in [0.25, 0.3) is 0 Å². The highest BCUT2D eigenvalue weighted by Gasteiger charge is 2.02. The Bertz CT molecular complexity index is 436. The molecule has 0 aliphatic carbocycles. The van der Waals surface area contributed by atoms with Gasteiger partial charge in [0.05, 0.1) is 11.7 Å². The second-order valence-electron chi connectivity index (χ2n) is 3.21.